The molecule has 3 N–H and O–H groups in total. The molecule has 0 aromatic heterocycles. The zero-order valence-electron chi connectivity index (χ0n) is 25.8. The number of aliphatic carboxylic acids is 1. The number of benzene rings is 2. The van der Waals surface area contributed by atoms with Gasteiger partial charge in [0.1, 0.15) is 5.75 Å². The van der Waals surface area contributed by atoms with E-state index in [0.29, 0.717) is 36.5 Å². The zero-order chi connectivity index (χ0) is 30.8. The van der Waals surface area contributed by atoms with Gasteiger partial charge < -0.3 is 25.2 Å². The third kappa shape index (κ3) is 8.71. The quantitative estimate of drug-likeness (QED) is 0.200. The van der Waals surface area contributed by atoms with Gasteiger partial charge in [-0.3, -0.25) is 4.79 Å². The summed E-state index contributed by atoms with van der Waals surface area (Å²) >= 11 is 0. The number of fused-ring (bicyclic) bond motifs is 1. The molecule has 0 radical (unpaired) electrons. The summed E-state index contributed by atoms with van der Waals surface area (Å²) in [5.74, 6) is -0.657. The van der Waals surface area contributed by atoms with Gasteiger partial charge in [-0.25, -0.2) is 8.42 Å². The molecule has 2 atom stereocenters. The van der Waals surface area contributed by atoms with Crippen LogP contribution in [0.1, 0.15) is 88.7 Å². The largest absolute Gasteiger partial charge is 0.494 e. The number of nitrogens with one attached hydrogen (secondary N) is 1. The van der Waals surface area contributed by atoms with Crippen LogP contribution in [0.5, 0.6) is 5.75 Å². The van der Waals surface area contributed by atoms with Gasteiger partial charge in [0.05, 0.1) is 29.9 Å². The summed E-state index contributed by atoms with van der Waals surface area (Å²) in [5, 5.41) is 23.9. The number of carboxylic acids is 1. The van der Waals surface area contributed by atoms with Crippen molar-refractivity contribution in [3.05, 3.63) is 53.6 Å². The molecule has 0 saturated heterocycles. The van der Waals surface area contributed by atoms with Crippen molar-refractivity contribution in [2.75, 3.05) is 44.4 Å². The first-order valence-electron chi connectivity index (χ1n) is 15.4. The average Bonchev–Trinajstić information content (AvgIpc) is 3.02. The van der Waals surface area contributed by atoms with Crippen molar-refractivity contribution >= 4 is 21.5 Å². The molecule has 0 spiro atoms. The lowest BCUT2D eigenvalue weighted by Gasteiger charge is -2.40. The van der Waals surface area contributed by atoms with E-state index >= 15 is 0 Å². The average molecular weight is 603 g/mol. The number of hydrogen-bond acceptors (Lipinski definition) is 7. The lowest BCUT2D eigenvalue weighted by atomic mass is 9.68. The molecule has 3 rings (SSSR count). The number of aliphatic hydroxyl groups is 1. The molecule has 234 valence electrons. The number of anilines is 1. The van der Waals surface area contributed by atoms with Crippen molar-refractivity contribution in [2.24, 2.45) is 5.41 Å². The first-order valence-corrected chi connectivity index (χ1v) is 17.1. The number of unbranched alkanes of at least 4 members (excludes halogenated alkanes) is 4. The highest BCUT2D eigenvalue weighted by atomic mass is 32.2. The number of aliphatic hydroxyl groups excluding tert-OH is 1. The molecular weight excluding hydrogens is 552 g/mol. The number of ether oxygens (including phenoxy) is 1. The highest BCUT2D eigenvalue weighted by Gasteiger charge is 2.49. The smallest absolute Gasteiger partial charge is 0.317 e. The van der Waals surface area contributed by atoms with Gasteiger partial charge in [-0.05, 0) is 80.1 Å². The maximum atomic E-state index is 14.0. The van der Waals surface area contributed by atoms with E-state index in [4.69, 9.17) is 9.84 Å². The molecule has 42 heavy (non-hydrogen) atoms. The Morgan fingerprint density at radius 2 is 1.67 bits per heavy atom. The van der Waals surface area contributed by atoms with Crippen LogP contribution in [0.15, 0.2) is 47.4 Å². The summed E-state index contributed by atoms with van der Waals surface area (Å²) < 4.78 is 33.9. The molecule has 0 amide bonds. The number of rotatable bonds is 17. The second kappa shape index (κ2) is 15.7. The highest BCUT2D eigenvalue weighted by Crippen LogP contribution is 2.50. The van der Waals surface area contributed by atoms with Crippen molar-refractivity contribution in [2.45, 2.75) is 88.6 Å². The molecule has 1 aliphatic rings. The Kier molecular flexibility index (Phi) is 12.7. The third-order valence-corrected chi connectivity index (χ3v) is 10.4. The minimum absolute atomic E-state index is 0.0241. The predicted octanol–water partition coefficient (Wildman–Crippen LogP) is 5.62. The summed E-state index contributed by atoms with van der Waals surface area (Å²) in [6.45, 7) is 5.40. The SMILES string of the molecule is CCCCC1(CCCC)CS(=O)(=O)c2ccc(N(C)C)cc2[C@@H](c2ccc(OCCCCCNCC(=O)O)cc2)C1O. The van der Waals surface area contributed by atoms with Gasteiger partial charge in [0.25, 0.3) is 0 Å². The first-order chi connectivity index (χ1) is 20.0. The van der Waals surface area contributed by atoms with E-state index in [1.807, 2.05) is 55.4 Å². The molecule has 1 unspecified atom stereocenters. The van der Waals surface area contributed by atoms with Gasteiger partial charge >= 0.3 is 5.97 Å². The summed E-state index contributed by atoms with van der Waals surface area (Å²) in [4.78, 5) is 12.9. The summed E-state index contributed by atoms with van der Waals surface area (Å²) in [7, 11) is 0.233. The molecule has 2 aromatic carbocycles. The molecule has 1 aliphatic heterocycles. The topological polar surface area (TPSA) is 116 Å². The molecule has 0 bridgehead atoms. The Balaban J connectivity index is 1.90. The van der Waals surface area contributed by atoms with Crippen LogP contribution in [-0.4, -0.2) is 70.2 Å². The molecule has 1 heterocycles. The Hall–Kier alpha value is -2.62. The summed E-state index contributed by atoms with van der Waals surface area (Å²) in [5.41, 5.74) is 1.70. The fraction of sp³-hybridized carbons (Fsp3) is 0.606. The third-order valence-electron chi connectivity index (χ3n) is 8.44. The van der Waals surface area contributed by atoms with Gasteiger partial charge in [0, 0.05) is 31.1 Å². The summed E-state index contributed by atoms with van der Waals surface area (Å²) in [6, 6.07) is 13.3. The van der Waals surface area contributed by atoms with Crippen LogP contribution < -0.4 is 15.0 Å². The predicted molar refractivity (Wildman–Crippen MR) is 168 cm³/mol. The number of carbonyl (C=O) groups is 1. The van der Waals surface area contributed by atoms with E-state index in [2.05, 4.69) is 19.2 Å². The monoisotopic (exact) mass is 602 g/mol. The van der Waals surface area contributed by atoms with Crippen LogP contribution in [0, 0.1) is 5.41 Å². The second-order valence-electron chi connectivity index (χ2n) is 11.9. The van der Waals surface area contributed by atoms with Gasteiger partial charge in [0.2, 0.25) is 0 Å². The minimum atomic E-state index is -3.64. The van der Waals surface area contributed by atoms with Crippen LogP contribution in [-0.2, 0) is 14.6 Å². The number of sulfone groups is 1. The zero-order valence-corrected chi connectivity index (χ0v) is 26.6. The van der Waals surface area contributed by atoms with Gasteiger partial charge in [-0.1, -0.05) is 51.7 Å². The Labute approximate surface area is 252 Å². The highest BCUT2D eigenvalue weighted by molar-refractivity contribution is 7.91. The number of hydrogen-bond donors (Lipinski definition) is 3. The standard InChI is InChI=1S/C33H50N2O6S/c1-5-7-18-33(19-8-6-2)24-42(39,40)29-17-14-26(35(3)4)22-28(29)31(32(33)38)25-12-15-27(16-13-25)41-21-11-9-10-20-34-23-30(36)37/h12-17,22,31-32,34,38H,5-11,18-21,23-24H2,1-4H3,(H,36,37)/t31-,32?/m1/s1. The molecule has 0 aliphatic carbocycles. The molecule has 2 aromatic rings. The second-order valence-corrected chi connectivity index (χ2v) is 13.9. The Morgan fingerprint density at radius 1 is 1.00 bits per heavy atom. The van der Waals surface area contributed by atoms with E-state index in [1.54, 1.807) is 6.07 Å². The van der Waals surface area contributed by atoms with E-state index in [9.17, 15) is 18.3 Å². The van der Waals surface area contributed by atoms with E-state index in [1.165, 1.54) is 0 Å². The van der Waals surface area contributed by atoms with Crippen LogP contribution >= 0.6 is 0 Å². The fourth-order valence-electron chi connectivity index (χ4n) is 6.08. The van der Waals surface area contributed by atoms with Crippen molar-refractivity contribution < 1.29 is 28.2 Å². The van der Waals surface area contributed by atoms with Crippen molar-refractivity contribution in [3.8, 4) is 5.75 Å². The van der Waals surface area contributed by atoms with Crippen molar-refractivity contribution in [1.82, 2.24) is 5.32 Å². The molecule has 8 nitrogen and oxygen atoms in total. The molecule has 0 saturated carbocycles. The molecule has 0 fully saturated rings. The maximum absolute atomic E-state index is 14.0. The van der Waals surface area contributed by atoms with Crippen molar-refractivity contribution in [3.63, 3.8) is 0 Å². The minimum Gasteiger partial charge on any atom is -0.494 e. The van der Waals surface area contributed by atoms with E-state index in [0.717, 1.165) is 61.9 Å². The van der Waals surface area contributed by atoms with E-state index < -0.39 is 33.2 Å². The fourth-order valence-corrected chi connectivity index (χ4v) is 8.27. The summed E-state index contributed by atoms with van der Waals surface area (Å²) in [6.07, 6.45) is 6.75. The van der Waals surface area contributed by atoms with Crippen LogP contribution in [0.25, 0.3) is 0 Å². The van der Waals surface area contributed by atoms with Crippen molar-refractivity contribution in [1.29, 1.82) is 0 Å². The normalized spacial score (nSPS) is 19.1. The maximum Gasteiger partial charge on any atom is 0.317 e. The van der Waals surface area contributed by atoms with E-state index in [-0.39, 0.29) is 12.3 Å². The van der Waals surface area contributed by atoms with Gasteiger partial charge in [-0.15, -0.1) is 0 Å². The number of nitrogens with zero attached hydrogens (tertiary/aromatic N) is 1. The molecular formula is C33H50N2O6S. The lowest BCUT2D eigenvalue weighted by Crippen LogP contribution is -2.43. The Bertz CT molecular complexity index is 1240. The number of carboxylic acid groups (broad SMARTS) is 1. The van der Waals surface area contributed by atoms with Gasteiger partial charge in [0.15, 0.2) is 9.84 Å². The molecule has 9 heteroatoms. The van der Waals surface area contributed by atoms with Crippen LogP contribution in [0.3, 0.4) is 0 Å². The first kappa shape index (κ1) is 33.9. The van der Waals surface area contributed by atoms with Gasteiger partial charge in [-0.2, -0.15) is 0 Å². The van der Waals surface area contributed by atoms with Crippen LogP contribution in [0.2, 0.25) is 0 Å². The lowest BCUT2D eigenvalue weighted by molar-refractivity contribution is -0.135. The van der Waals surface area contributed by atoms with Crippen LogP contribution in [0.4, 0.5) is 5.69 Å². The Morgan fingerprint density at radius 3 is 2.26 bits per heavy atom.